The number of benzene rings is 2. The van der Waals surface area contributed by atoms with Gasteiger partial charge in [-0.3, -0.25) is 4.79 Å². The molecule has 110 valence electrons. The molecule has 1 amide bonds. The summed E-state index contributed by atoms with van der Waals surface area (Å²) < 4.78 is 18.6. The second kappa shape index (κ2) is 6.88. The third-order valence-electron chi connectivity index (χ3n) is 3.28. The highest BCUT2D eigenvalue weighted by Crippen LogP contribution is 2.19. The number of amides is 1. The smallest absolute Gasteiger partial charge is 0.254 e. The van der Waals surface area contributed by atoms with Gasteiger partial charge in [0.2, 0.25) is 0 Å². The van der Waals surface area contributed by atoms with Gasteiger partial charge in [-0.25, -0.2) is 4.39 Å². The lowest BCUT2D eigenvalue weighted by Gasteiger charge is -2.21. The van der Waals surface area contributed by atoms with Gasteiger partial charge in [-0.2, -0.15) is 0 Å². The van der Waals surface area contributed by atoms with Crippen molar-refractivity contribution in [2.24, 2.45) is 0 Å². The van der Waals surface area contributed by atoms with E-state index in [2.05, 4.69) is 0 Å². The van der Waals surface area contributed by atoms with Crippen LogP contribution < -0.4 is 4.74 Å². The number of methoxy groups -OCH3 is 1. The van der Waals surface area contributed by atoms with Gasteiger partial charge in [-0.15, -0.1) is 0 Å². The van der Waals surface area contributed by atoms with E-state index in [9.17, 15) is 9.18 Å². The number of nitrogens with zero attached hydrogens (tertiary/aromatic N) is 1. The molecule has 2 rings (SSSR count). The van der Waals surface area contributed by atoms with E-state index in [1.165, 1.54) is 19.2 Å². The molecule has 21 heavy (non-hydrogen) atoms. The van der Waals surface area contributed by atoms with E-state index in [-0.39, 0.29) is 11.7 Å². The highest BCUT2D eigenvalue weighted by molar-refractivity contribution is 5.94. The van der Waals surface area contributed by atoms with Crippen LogP contribution in [0.1, 0.15) is 22.8 Å². The number of carbonyl (C=O) groups excluding carboxylic acids is 1. The van der Waals surface area contributed by atoms with E-state index in [0.29, 0.717) is 18.7 Å². The molecular formula is C17H18FNO2. The topological polar surface area (TPSA) is 29.5 Å². The summed E-state index contributed by atoms with van der Waals surface area (Å²) in [5, 5.41) is 0. The predicted molar refractivity (Wildman–Crippen MR) is 79.8 cm³/mol. The minimum Gasteiger partial charge on any atom is -0.494 e. The summed E-state index contributed by atoms with van der Waals surface area (Å²) in [6.45, 7) is 2.96. The van der Waals surface area contributed by atoms with Crippen molar-refractivity contribution >= 4 is 5.91 Å². The predicted octanol–water partition coefficient (Wildman–Crippen LogP) is 3.50. The molecule has 0 radical (unpaired) electrons. The number of ether oxygens (including phenoxy) is 1. The summed E-state index contributed by atoms with van der Waals surface area (Å²) in [5.41, 5.74) is 1.37. The van der Waals surface area contributed by atoms with Gasteiger partial charge in [-0.1, -0.05) is 30.3 Å². The Kier molecular flexibility index (Phi) is 4.93. The Balaban J connectivity index is 2.18. The minimum absolute atomic E-state index is 0.137. The Labute approximate surface area is 124 Å². The van der Waals surface area contributed by atoms with Crippen molar-refractivity contribution in [3.8, 4) is 5.75 Å². The minimum atomic E-state index is -0.529. The molecule has 0 saturated heterocycles. The SMILES string of the molecule is CCN(Cc1ccccc1)C(=O)c1ccc(OC)c(F)c1. The van der Waals surface area contributed by atoms with Crippen LogP contribution in [0.5, 0.6) is 5.75 Å². The average Bonchev–Trinajstić information content (AvgIpc) is 2.53. The maximum absolute atomic E-state index is 13.7. The molecule has 0 unspecified atom stereocenters. The van der Waals surface area contributed by atoms with Crippen LogP contribution in [0.25, 0.3) is 0 Å². The Morgan fingerprint density at radius 1 is 1.19 bits per heavy atom. The summed E-state index contributed by atoms with van der Waals surface area (Å²) in [7, 11) is 1.40. The average molecular weight is 287 g/mol. The first-order chi connectivity index (χ1) is 10.2. The number of hydrogen-bond donors (Lipinski definition) is 0. The van der Waals surface area contributed by atoms with Gasteiger partial charge in [0.15, 0.2) is 11.6 Å². The fourth-order valence-corrected chi connectivity index (χ4v) is 2.11. The van der Waals surface area contributed by atoms with Gasteiger partial charge >= 0.3 is 0 Å². The molecule has 0 saturated carbocycles. The standard InChI is InChI=1S/C17H18FNO2/c1-3-19(12-13-7-5-4-6-8-13)17(20)14-9-10-16(21-2)15(18)11-14/h4-11H,3,12H2,1-2H3. The fourth-order valence-electron chi connectivity index (χ4n) is 2.11. The van der Waals surface area contributed by atoms with Crippen LogP contribution in [0.3, 0.4) is 0 Å². The largest absolute Gasteiger partial charge is 0.494 e. The fraction of sp³-hybridized carbons (Fsp3) is 0.235. The lowest BCUT2D eigenvalue weighted by atomic mass is 10.1. The highest BCUT2D eigenvalue weighted by Gasteiger charge is 2.16. The van der Waals surface area contributed by atoms with Gasteiger partial charge in [-0.05, 0) is 30.7 Å². The number of hydrogen-bond acceptors (Lipinski definition) is 2. The molecule has 0 aliphatic carbocycles. The Morgan fingerprint density at radius 2 is 1.90 bits per heavy atom. The van der Waals surface area contributed by atoms with E-state index in [1.54, 1.807) is 11.0 Å². The van der Waals surface area contributed by atoms with Gasteiger partial charge < -0.3 is 9.64 Å². The molecule has 0 atom stereocenters. The molecule has 0 N–H and O–H groups in total. The second-order valence-electron chi connectivity index (χ2n) is 4.65. The monoisotopic (exact) mass is 287 g/mol. The van der Waals surface area contributed by atoms with Crippen LogP contribution in [0.2, 0.25) is 0 Å². The van der Waals surface area contributed by atoms with Crippen LogP contribution >= 0.6 is 0 Å². The zero-order valence-electron chi connectivity index (χ0n) is 12.2. The maximum atomic E-state index is 13.7. The Bertz CT molecular complexity index is 613. The first-order valence-corrected chi connectivity index (χ1v) is 6.82. The summed E-state index contributed by atoms with van der Waals surface area (Å²) in [6.07, 6.45) is 0. The third-order valence-corrected chi connectivity index (χ3v) is 3.28. The van der Waals surface area contributed by atoms with Crippen molar-refractivity contribution in [1.82, 2.24) is 4.90 Å². The van der Waals surface area contributed by atoms with Gasteiger partial charge in [0.25, 0.3) is 5.91 Å². The normalized spacial score (nSPS) is 10.2. The Morgan fingerprint density at radius 3 is 2.48 bits per heavy atom. The molecule has 2 aromatic rings. The highest BCUT2D eigenvalue weighted by atomic mass is 19.1. The molecule has 0 aliphatic rings. The van der Waals surface area contributed by atoms with Crippen LogP contribution in [-0.2, 0) is 6.54 Å². The quantitative estimate of drug-likeness (QED) is 0.842. The van der Waals surface area contributed by atoms with Crippen molar-refractivity contribution in [3.63, 3.8) is 0 Å². The molecule has 3 nitrogen and oxygen atoms in total. The first kappa shape index (κ1) is 15.0. The third kappa shape index (κ3) is 3.60. The maximum Gasteiger partial charge on any atom is 0.254 e. The van der Waals surface area contributed by atoms with Gasteiger partial charge in [0, 0.05) is 18.7 Å². The van der Waals surface area contributed by atoms with E-state index in [1.807, 2.05) is 37.3 Å². The van der Waals surface area contributed by atoms with Crippen molar-refractivity contribution in [3.05, 3.63) is 65.5 Å². The number of halogens is 1. The molecule has 0 spiro atoms. The zero-order chi connectivity index (χ0) is 15.2. The Hall–Kier alpha value is -2.36. The molecule has 0 bridgehead atoms. The molecular weight excluding hydrogens is 269 g/mol. The summed E-state index contributed by atoms with van der Waals surface area (Å²) in [4.78, 5) is 14.1. The zero-order valence-corrected chi connectivity index (χ0v) is 12.2. The molecule has 0 aliphatic heterocycles. The van der Waals surface area contributed by atoms with Crippen molar-refractivity contribution in [2.75, 3.05) is 13.7 Å². The molecule has 0 heterocycles. The molecule has 2 aromatic carbocycles. The van der Waals surface area contributed by atoms with E-state index in [0.717, 1.165) is 5.56 Å². The summed E-state index contributed by atoms with van der Waals surface area (Å²) in [5.74, 6) is -0.584. The van der Waals surface area contributed by atoms with E-state index < -0.39 is 5.82 Å². The van der Waals surface area contributed by atoms with Gasteiger partial charge in [0.1, 0.15) is 0 Å². The summed E-state index contributed by atoms with van der Waals surface area (Å²) in [6, 6.07) is 14.0. The van der Waals surface area contributed by atoms with Crippen LogP contribution in [-0.4, -0.2) is 24.5 Å². The first-order valence-electron chi connectivity index (χ1n) is 6.82. The van der Waals surface area contributed by atoms with Crippen molar-refractivity contribution < 1.29 is 13.9 Å². The van der Waals surface area contributed by atoms with E-state index in [4.69, 9.17) is 4.74 Å². The second-order valence-corrected chi connectivity index (χ2v) is 4.65. The molecule has 4 heteroatoms. The van der Waals surface area contributed by atoms with Crippen LogP contribution in [0, 0.1) is 5.82 Å². The number of carbonyl (C=O) groups is 1. The van der Waals surface area contributed by atoms with Crippen LogP contribution in [0.4, 0.5) is 4.39 Å². The number of rotatable bonds is 5. The van der Waals surface area contributed by atoms with E-state index >= 15 is 0 Å². The van der Waals surface area contributed by atoms with Crippen LogP contribution in [0.15, 0.2) is 48.5 Å². The lowest BCUT2D eigenvalue weighted by molar-refractivity contribution is 0.0752. The van der Waals surface area contributed by atoms with Crippen molar-refractivity contribution in [1.29, 1.82) is 0 Å². The molecule has 0 fully saturated rings. The molecule has 0 aromatic heterocycles. The lowest BCUT2D eigenvalue weighted by Crippen LogP contribution is -2.30. The van der Waals surface area contributed by atoms with Gasteiger partial charge in [0.05, 0.1) is 7.11 Å². The van der Waals surface area contributed by atoms with Crippen molar-refractivity contribution in [2.45, 2.75) is 13.5 Å². The summed E-state index contributed by atoms with van der Waals surface area (Å²) >= 11 is 0.